The van der Waals surface area contributed by atoms with Gasteiger partial charge in [-0.05, 0) is 56.2 Å². The molecule has 1 aromatic carbocycles. The third-order valence-electron chi connectivity index (χ3n) is 5.91. The highest BCUT2D eigenvalue weighted by Gasteiger charge is 2.38. The molecule has 10 nitrogen and oxygen atoms in total. The summed E-state index contributed by atoms with van der Waals surface area (Å²) in [6.45, 7) is 4.07. The molecule has 34 heavy (non-hydrogen) atoms. The minimum absolute atomic E-state index is 0.0270. The lowest BCUT2D eigenvalue weighted by Crippen LogP contribution is -2.62. The van der Waals surface area contributed by atoms with E-state index in [1.807, 2.05) is 6.92 Å². The lowest BCUT2D eigenvalue weighted by molar-refractivity contribution is -0.127. The Bertz CT molecular complexity index is 972. The first kappa shape index (κ1) is 23.6. The molecular weight excluding hydrogens is 440 g/mol. The SMILES string of the molecule is CCOc1ccc(NC(=O)N2CCN(C(=O)c3ccco3)C(C(=O)NCC3CCCO3)C2)cc1. The summed E-state index contributed by atoms with van der Waals surface area (Å²) in [6, 6.07) is 9.07. The molecule has 182 valence electrons. The molecule has 2 atom stereocenters. The molecule has 3 heterocycles. The maximum atomic E-state index is 13.1. The maximum Gasteiger partial charge on any atom is 0.321 e. The van der Waals surface area contributed by atoms with Gasteiger partial charge in [-0.1, -0.05) is 0 Å². The van der Waals surface area contributed by atoms with E-state index < -0.39 is 6.04 Å². The van der Waals surface area contributed by atoms with Crippen LogP contribution in [0.5, 0.6) is 5.75 Å². The van der Waals surface area contributed by atoms with Gasteiger partial charge < -0.3 is 34.3 Å². The van der Waals surface area contributed by atoms with Crippen molar-refractivity contribution in [3.8, 4) is 5.75 Å². The van der Waals surface area contributed by atoms with Crippen molar-refractivity contribution in [2.45, 2.75) is 31.9 Å². The molecule has 2 N–H and O–H groups in total. The monoisotopic (exact) mass is 470 g/mol. The Morgan fingerprint density at radius 2 is 1.97 bits per heavy atom. The van der Waals surface area contributed by atoms with Gasteiger partial charge in [-0.3, -0.25) is 9.59 Å². The van der Waals surface area contributed by atoms with Crippen LogP contribution < -0.4 is 15.4 Å². The Balaban J connectivity index is 1.42. The van der Waals surface area contributed by atoms with E-state index in [2.05, 4.69) is 10.6 Å². The lowest BCUT2D eigenvalue weighted by Gasteiger charge is -2.40. The summed E-state index contributed by atoms with van der Waals surface area (Å²) in [4.78, 5) is 42.0. The summed E-state index contributed by atoms with van der Waals surface area (Å²) < 4.78 is 16.3. The summed E-state index contributed by atoms with van der Waals surface area (Å²) in [5.74, 6) is 0.167. The Kier molecular flexibility index (Phi) is 7.69. The van der Waals surface area contributed by atoms with Gasteiger partial charge in [0.25, 0.3) is 5.91 Å². The van der Waals surface area contributed by atoms with Crippen molar-refractivity contribution in [2.24, 2.45) is 0 Å². The second-order valence-electron chi connectivity index (χ2n) is 8.21. The minimum Gasteiger partial charge on any atom is -0.494 e. The molecule has 4 rings (SSSR count). The number of carbonyl (C=O) groups is 3. The van der Waals surface area contributed by atoms with Gasteiger partial charge in [0.05, 0.1) is 25.5 Å². The van der Waals surface area contributed by atoms with E-state index in [4.69, 9.17) is 13.9 Å². The number of hydrogen-bond donors (Lipinski definition) is 2. The highest BCUT2D eigenvalue weighted by molar-refractivity contribution is 5.97. The van der Waals surface area contributed by atoms with E-state index in [1.165, 1.54) is 11.2 Å². The van der Waals surface area contributed by atoms with Crippen molar-refractivity contribution < 1.29 is 28.3 Å². The molecule has 2 fully saturated rings. The number of carbonyl (C=O) groups excluding carboxylic acids is 3. The molecule has 2 unspecified atom stereocenters. The average molecular weight is 471 g/mol. The lowest BCUT2D eigenvalue weighted by atomic mass is 10.1. The molecular formula is C24H30N4O6. The minimum atomic E-state index is -0.848. The summed E-state index contributed by atoms with van der Waals surface area (Å²) in [5.41, 5.74) is 0.613. The highest BCUT2D eigenvalue weighted by Crippen LogP contribution is 2.19. The van der Waals surface area contributed by atoms with Crippen molar-refractivity contribution in [1.82, 2.24) is 15.1 Å². The third kappa shape index (κ3) is 5.69. The zero-order chi connectivity index (χ0) is 23.9. The molecule has 0 bridgehead atoms. The molecule has 2 saturated heterocycles. The largest absolute Gasteiger partial charge is 0.494 e. The van der Waals surface area contributed by atoms with E-state index in [0.717, 1.165) is 12.8 Å². The smallest absolute Gasteiger partial charge is 0.321 e. The van der Waals surface area contributed by atoms with E-state index in [1.54, 1.807) is 41.3 Å². The van der Waals surface area contributed by atoms with Crippen LogP contribution >= 0.6 is 0 Å². The van der Waals surface area contributed by atoms with Gasteiger partial charge in [-0.25, -0.2) is 4.79 Å². The number of rotatable bonds is 7. The Hall–Kier alpha value is -3.53. The molecule has 0 aliphatic carbocycles. The predicted molar refractivity (Wildman–Crippen MR) is 124 cm³/mol. The van der Waals surface area contributed by atoms with E-state index in [-0.39, 0.29) is 49.3 Å². The van der Waals surface area contributed by atoms with Gasteiger partial charge >= 0.3 is 6.03 Å². The number of furan rings is 1. The van der Waals surface area contributed by atoms with Crippen molar-refractivity contribution in [3.05, 3.63) is 48.4 Å². The number of urea groups is 1. The standard InChI is InChI=1S/C24H30N4O6/c1-2-32-18-9-7-17(8-10-18)26-24(31)27-11-12-28(23(30)21-6-4-14-34-21)20(16-27)22(29)25-15-19-5-3-13-33-19/h4,6-10,14,19-20H,2-3,5,11-13,15-16H2,1H3,(H,25,29)(H,26,31). The molecule has 2 aliphatic heterocycles. The van der Waals surface area contributed by atoms with Crippen LogP contribution in [0.2, 0.25) is 0 Å². The molecule has 4 amide bonds. The van der Waals surface area contributed by atoms with Gasteiger partial charge in [0.15, 0.2) is 5.76 Å². The molecule has 10 heteroatoms. The number of nitrogens with zero attached hydrogens (tertiary/aromatic N) is 2. The Morgan fingerprint density at radius 1 is 1.15 bits per heavy atom. The van der Waals surface area contributed by atoms with Crippen molar-refractivity contribution >= 4 is 23.5 Å². The van der Waals surface area contributed by atoms with Crippen LogP contribution in [0.3, 0.4) is 0 Å². The molecule has 0 saturated carbocycles. The number of piperazine rings is 1. The topological polar surface area (TPSA) is 113 Å². The van der Waals surface area contributed by atoms with E-state index in [9.17, 15) is 14.4 Å². The van der Waals surface area contributed by atoms with Crippen LogP contribution in [-0.2, 0) is 9.53 Å². The van der Waals surface area contributed by atoms with Crippen LogP contribution in [0.4, 0.5) is 10.5 Å². The first-order valence-electron chi connectivity index (χ1n) is 11.6. The normalized spacial score (nSPS) is 20.1. The van der Waals surface area contributed by atoms with E-state index in [0.29, 0.717) is 31.2 Å². The molecule has 0 spiro atoms. The average Bonchev–Trinajstić information content (AvgIpc) is 3.58. The highest BCUT2D eigenvalue weighted by atomic mass is 16.5. The zero-order valence-electron chi connectivity index (χ0n) is 19.2. The second-order valence-corrected chi connectivity index (χ2v) is 8.21. The molecule has 0 radical (unpaired) electrons. The Morgan fingerprint density at radius 3 is 2.65 bits per heavy atom. The number of amides is 4. The summed E-state index contributed by atoms with van der Waals surface area (Å²) >= 11 is 0. The zero-order valence-corrected chi connectivity index (χ0v) is 19.2. The van der Waals surface area contributed by atoms with Crippen LogP contribution in [0.15, 0.2) is 47.1 Å². The quantitative estimate of drug-likeness (QED) is 0.642. The summed E-state index contributed by atoms with van der Waals surface area (Å²) in [7, 11) is 0. The fourth-order valence-electron chi connectivity index (χ4n) is 4.12. The molecule has 1 aromatic heterocycles. The number of nitrogens with one attached hydrogen (secondary N) is 2. The summed E-state index contributed by atoms with van der Waals surface area (Å²) in [5, 5.41) is 5.74. The number of ether oxygens (including phenoxy) is 2. The maximum absolute atomic E-state index is 13.1. The van der Waals surface area contributed by atoms with Gasteiger partial charge in [0.2, 0.25) is 5.91 Å². The fourth-order valence-corrected chi connectivity index (χ4v) is 4.12. The van der Waals surface area contributed by atoms with Crippen LogP contribution in [-0.4, -0.2) is 79.2 Å². The first-order chi connectivity index (χ1) is 16.5. The first-order valence-corrected chi connectivity index (χ1v) is 11.6. The van der Waals surface area contributed by atoms with Crippen molar-refractivity contribution in [1.29, 1.82) is 0 Å². The number of hydrogen-bond acceptors (Lipinski definition) is 6. The van der Waals surface area contributed by atoms with E-state index >= 15 is 0 Å². The summed E-state index contributed by atoms with van der Waals surface area (Å²) in [6.07, 6.45) is 3.24. The van der Waals surface area contributed by atoms with Gasteiger partial charge in [-0.2, -0.15) is 0 Å². The van der Waals surface area contributed by atoms with Gasteiger partial charge in [-0.15, -0.1) is 0 Å². The van der Waals surface area contributed by atoms with Crippen molar-refractivity contribution in [2.75, 3.05) is 44.7 Å². The van der Waals surface area contributed by atoms with Crippen molar-refractivity contribution in [3.63, 3.8) is 0 Å². The molecule has 2 aromatic rings. The second kappa shape index (κ2) is 11.1. The molecule has 2 aliphatic rings. The third-order valence-corrected chi connectivity index (χ3v) is 5.91. The van der Waals surface area contributed by atoms with Crippen LogP contribution in [0.25, 0.3) is 0 Å². The Labute approximate surface area is 198 Å². The number of anilines is 1. The fraction of sp³-hybridized carbons (Fsp3) is 0.458. The van der Waals surface area contributed by atoms with Gasteiger partial charge in [0, 0.05) is 31.9 Å². The number of benzene rings is 1. The van der Waals surface area contributed by atoms with Gasteiger partial charge in [0.1, 0.15) is 11.8 Å². The predicted octanol–water partition coefficient (Wildman–Crippen LogP) is 2.33. The van der Waals surface area contributed by atoms with Crippen LogP contribution in [0.1, 0.15) is 30.3 Å². The van der Waals surface area contributed by atoms with Crippen LogP contribution in [0, 0.1) is 0 Å².